The standard InChI is InChI=1S/C29H44N2O7Si2/c1-19(2)39(20(3)4)36-17-24-27(38-40(39,21(5)6)22(7)8)26(33)28(37-24)30-15-14-25(32)31(29(30)34)18-35-16-23-12-10-9-11-13-23/h9-15,19-22,24,27,33H,16-18H2,1-8H3/t24-,27-/m1/s1. The Bertz CT molecular complexity index is 1320. The van der Waals surface area contributed by atoms with Gasteiger partial charge in [0.2, 0.25) is 21.6 Å². The molecule has 0 bridgehead atoms. The van der Waals surface area contributed by atoms with E-state index in [1.54, 1.807) is 0 Å². The maximum Gasteiger partial charge on any atom is 0.339 e. The summed E-state index contributed by atoms with van der Waals surface area (Å²) in [5.74, 6) is -0.166. The van der Waals surface area contributed by atoms with Crippen LogP contribution in [-0.4, -0.2) is 48.7 Å². The number of aromatic nitrogens is 2. The molecule has 2 atom stereocenters. The zero-order chi connectivity index (χ0) is 29.4. The Morgan fingerprint density at radius 1 is 0.925 bits per heavy atom. The Kier molecular flexibility index (Phi) is 9.01. The molecule has 0 saturated carbocycles. The van der Waals surface area contributed by atoms with Crippen molar-refractivity contribution < 1.29 is 23.4 Å². The molecular formula is C29H44N2O7Si2. The Morgan fingerprint density at radius 3 is 2.10 bits per heavy atom. The normalized spacial score (nSPS) is 22.2. The van der Waals surface area contributed by atoms with E-state index in [0.717, 1.165) is 14.7 Å². The van der Waals surface area contributed by atoms with E-state index in [1.807, 2.05) is 30.3 Å². The summed E-state index contributed by atoms with van der Waals surface area (Å²) in [6, 6.07) is 10.8. The van der Waals surface area contributed by atoms with Gasteiger partial charge in [-0.25, -0.2) is 13.9 Å². The van der Waals surface area contributed by atoms with Crippen LogP contribution in [0.5, 0.6) is 0 Å². The van der Waals surface area contributed by atoms with Crippen molar-refractivity contribution in [1.82, 2.24) is 9.13 Å². The predicted molar refractivity (Wildman–Crippen MR) is 160 cm³/mol. The monoisotopic (exact) mass is 588 g/mol. The fourth-order valence-corrected chi connectivity index (χ4v) is 28.7. The molecular weight excluding hydrogens is 544 g/mol. The van der Waals surface area contributed by atoms with Crippen LogP contribution in [0.15, 0.2) is 57.9 Å². The van der Waals surface area contributed by atoms with Gasteiger partial charge in [-0.05, 0) is 27.7 Å². The smallest absolute Gasteiger partial charge is 0.339 e. The molecule has 1 N–H and O–H groups in total. The summed E-state index contributed by atoms with van der Waals surface area (Å²) in [5.41, 5.74) is 0.873. The van der Waals surface area contributed by atoms with E-state index in [1.165, 1.54) is 12.3 Å². The molecule has 11 heteroatoms. The molecule has 40 heavy (non-hydrogen) atoms. The summed E-state index contributed by atoms with van der Waals surface area (Å²) in [5, 5.41) is 11.5. The highest BCUT2D eigenvalue weighted by Gasteiger charge is 2.69. The van der Waals surface area contributed by atoms with Gasteiger partial charge in [0.1, 0.15) is 12.8 Å². The lowest BCUT2D eigenvalue weighted by atomic mass is 10.2. The van der Waals surface area contributed by atoms with Gasteiger partial charge in [-0.2, -0.15) is 0 Å². The Morgan fingerprint density at radius 2 is 1.52 bits per heavy atom. The number of ether oxygens (including phenoxy) is 2. The first-order valence-electron chi connectivity index (χ1n) is 14.2. The van der Waals surface area contributed by atoms with Crippen LogP contribution in [0.1, 0.15) is 61.0 Å². The maximum atomic E-state index is 13.4. The van der Waals surface area contributed by atoms with Crippen molar-refractivity contribution in [2.75, 3.05) is 6.61 Å². The second-order valence-electron chi connectivity index (χ2n) is 12.1. The van der Waals surface area contributed by atoms with Gasteiger partial charge in [0, 0.05) is 12.3 Å². The fourth-order valence-electron chi connectivity index (χ4n) is 6.99. The molecule has 9 nitrogen and oxygen atoms in total. The highest BCUT2D eigenvalue weighted by atomic mass is 29.3. The molecule has 3 heterocycles. The van der Waals surface area contributed by atoms with E-state index in [-0.39, 0.29) is 42.7 Å². The van der Waals surface area contributed by atoms with E-state index in [9.17, 15) is 14.7 Å². The molecule has 0 radical (unpaired) electrons. The zero-order valence-electron chi connectivity index (χ0n) is 24.9. The van der Waals surface area contributed by atoms with Crippen molar-refractivity contribution in [1.29, 1.82) is 0 Å². The molecule has 1 saturated heterocycles. The lowest BCUT2D eigenvalue weighted by Gasteiger charge is -2.54. The first-order chi connectivity index (χ1) is 18.9. The van der Waals surface area contributed by atoms with Gasteiger partial charge < -0.3 is 23.4 Å². The molecule has 4 rings (SSSR count). The molecule has 1 aromatic carbocycles. The minimum atomic E-state index is -2.66. The molecule has 0 unspecified atom stereocenters. The van der Waals surface area contributed by atoms with Crippen molar-refractivity contribution in [2.24, 2.45) is 0 Å². The summed E-state index contributed by atoms with van der Waals surface area (Å²) in [7, 11) is -5.14. The van der Waals surface area contributed by atoms with Gasteiger partial charge in [0.25, 0.3) is 5.56 Å². The Balaban J connectivity index is 1.71. The molecule has 0 spiro atoms. The van der Waals surface area contributed by atoms with Crippen LogP contribution >= 0.6 is 0 Å². The van der Waals surface area contributed by atoms with Gasteiger partial charge in [-0.1, -0.05) is 85.7 Å². The quantitative estimate of drug-likeness (QED) is 0.397. The van der Waals surface area contributed by atoms with E-state index in [2.05, 4.69) is 55.4 Å². The van der Waals surface area contributed by atoms with Crippen LogP contribution in [0.3, 0.4) is 0 Å². The third kappa shape index (κ3) is 4.96. The number of fused-ring (bicyclic) bond motifs is 1. The lowest BCUT2D eigenvalue weighted by Crippen LogP contribution is -2.72. The number of rotatable bonds is 9. The number of aliphatic hydroxyl groups is 1. The van der Waals surface area contributed by atoms with Crippen molar-refractivity contribution >= 4 is 21.6 Å². The number of hydrogen-bond donors (Lipinski definition) is 1. The van der Waals surface area contributed by atoms with Crippen LogP contribution in [0, 0.1) is 0 Å². The molecule has 0 amide bonds. The van der Waals surface area contributed by atoms with E-state index in [4.69, 9.17) is 18.3 Å². The van der Waals surface area contributed by atoms with Crippen molar-refractivity contribution in [3.8, 4) is 0 Å². The van der Waals surface area contributed by atoms with Crippen LogP contribution in [0.2, 0.25) is 22.2 Å². The molecule has 0 aliphatic carbocycles. The molecule has 2 aromatic rings. The summed E-state index contributed by atoms with van der Waals surface area (Å²) >= 11 is 0. The van der Waals surface area contributed by atoms with Crippen LogP contribution < -0.4 is 11.2 Å². The Hall–Kier alpha value is -2.45. The van der Waals surface area contributed by atoms with Crippen LogP contribution in [0.4, 0.5) is 0 Å². The molecule has 2 aliphatic rings. The molecule has 220 valence electrons. The average molecular weight is 589 g/mol. The number of nitrogens with zero attached hydrogens (tertiary/aromatic N) is 2. The predicted octanol–water partition coefficient (Wildman–Crippen LogP) is 5.29. The second-order valence-corrected chi connectivity index (χ2v) is 25.1. The topological polar surface area (TPSA) is 101 Å². The summed E-state index contributed by atoms with van der Waals surface area (Å²) < 4.78 is 28.2. The second kappa shape index (κ2) is 11.8. The van der Waals surface area contributed by atoms with E-state index >= 15 is 0 Å². The van der Waals surface area contributed by atoms with Crippen LogP contribution in [-0.2, 0) is 31.7 Å². The van der Waals surface area contributed by atoms with E-state index in [0.29, 0.717) is 11.1 Å². The molecule has 1 fully saturated rings. The number of hydrogen-bond acceptors (Lipinski definition) is 7. The van der Waals surface area contributed by atoms with Crippen molar-refractivity contribution in [3.05, 3.63) is 74.8 Å². The van der Waals surface area contributed by atoms with Gasteiger partial charge in [-0.3, -0.25) is 4.79 Å². The summed E-state index contributed by atoms with van der Waals surface area (Å²) in [6.45, 7) is 18.1. The van der Waals surface area contributed by atoms with Crippen LogP contribution in [0.25, 0.3) is 5.88 Å². The zero-order valence-corrected chi connectivity index (χ0v) is 26.9. The first-order valence-corrected chi connectivity index (χ1v) is 19.4. The number of aliphatic hydroxyl groups excluding tert-OH is 1. The average Bonchev–Trinajstić information content (AvgIpc) is 3.09. The van der Waals surface area contributed by atoms with Gasteiger partial charge in [0.15, 0.2) is 11.9 Å². The Labute approximate surface area is 238 Å². The highest BCUT2D eigenvalue weighted by Crippen LogP contribution is 2.54. The minimum absolute atomic E-state index is 0.0286. The number of benzene rings is 1. The molecule has 2 aliphatic heterocycles. The SMILES string of the molecule is CC(C)[Si]1(C(C)C)OC[C@H]2OC(n3ccc(=O)n(COCc4ccccc4)c3=O)=C(O)[C@@H]2O[Si]1(C(C)C)C(C)C. The maximum absolute atomic E-state index is 13.4. The fraction of sp³-hybridized carbons (Fsp3) is 0.586. The third-order valence-corrected chi connectivity index (χ3v) is 29.3. The first kappa shape index (κ1) is 30.5. The largest absolute Gasteiger partial charge is 0.505 e. The summed E-state index contributed by atoms with van der Waals surface area (Å²) in [4.78, 5) is 26.0. The van der Waals surface area contributed by atoms with Crippen molar-refractivity contribution in [3.63, 3.8) is 0 Å². The minimum Gasteiger partial charge on any atom is -0.505 e. The van der Waals surface area contributed by atoms with Gasteiger partial charge >= 0.3 is 5.69 Å². The van der Waals surface area contributed by atoms with Gasteiger partial charge in [0.05, 0.1) is 13.2 Å². The summed E-state index contributed by atoms with van der Waals surface area (Å²) in [6.07, 6.45) is -0.0277. The van der Waals surface area contributed by atoms with E-state index < -0.39 is 39.1 Å². The van der Waals surface area contributed by atoms with Crippen molar-refractivity contribution in [2.45, 2.75) is 103 Å². The lowest BCUT2D eigenvalue weighted by molar-refractivity contribution is 0.0371. The molecule has 1 aromatic heterocycles. The van der Waals surface area contributed by atoms with Gasteiger partial charge in [-0.15, -0.1) is 0 Å². The highest BCUT2D eigenvalue weighted by molar-refractivity contribution is 7.39. The third-order valence-electron chi connectivity index (χ3n) is 8.56.